The molecule has 5 heteroatoms. The summed E-state index contributed by atoms with van der Waals surface area (Å²) in [5.74, 6) is 0.950. The number of hydrogen-bond acceptors (Lipinski definition) is 3. The Labute approximate surface area is 103 Å². The van der Waals surface area contributed by atoms with Crippen LogP contribution in [0, 0.1) is 0 Å². The Morgan fingerprint density at radius 2 is 2.38 bits per heavy atom. The van der Waals surface area contributed by atoms with Gasteiger partial charge in [-0.15, -0.1) is 0 Å². The van der Waals surface area contributed by atoms with Gasteiger partial charge in [0, 0.05) is 18.9 Å². The summed E-state index contributed by atoms with van der Waals surface area (Å²) < 4.78 is 8.09. The number of halogens is 1. The molecule has 0 aliphatic heterocycles. The van der Waals surface area contributed by atoms with Gasteiger partial charge in [-0.3, -0.25) is 4.68 Å². The van der Waals surface area contributed by atoms with Gasteiger partial charge >= 0.3 is 0 Å². The fraction of sp³-hybridized carbons (Fsp3) is 0.364. The first-order valence-electron chi connectivity index (χ1n) is 5.27. The van der Waals surface area contributed by atoms with Crippen molar-refractivity contribution in [3.63, 3.8) is 0 Å². The number of rotatable bonds is 6. The maximum absolute atomic E-state index is 5.37. The van der Waals surface area contributed by atoms with Gasteiger partial charge in [0.05, 0.1) is 6.54 Å². The van der Waals surface area contributed by atoms with Crippen LogP contribution < -0.4 is 5.32 Å². The van der Waals surface area contributed by atoms with Gasteiger partial charge < -0.3 is 9.73 Å². The molecule has 0 atom stereocenters. The van der Waals surface area contributed by atoms with Crippen LogP contribution in [0.25, 0.3) is 0 Å². The highest BCUT2D eigenvalue weighted by Gasteiger charge is 1.98. The molecular formula is C11H14BrN3O. The van der Waals surface area contributed by atoms with Crippen molar-refractivity contribution in [1.82, 2.24) is 15.1 Å². The lowest BCUT2D eigenvalue weighted by molar-refractivity contribution is 0.457. The van der Waals surface area contributed by atoms with E-state index in [4.69, 9.17) is 4.42 Å². The van der Waals surface area contributed by atoms with Crippen LogP contribution >= 0.6 is 15.9 Å². The van der Waals surface area contributed by atoms with Crippen LogP contribution in [0.15, 0.2) is 39.7 Å². The summed E-state index contributed by atoms with van der Waals surface area (Å²) >= 11 is 3.27. The lowest BCUT2D eigenvalue weighted by atomic mass is 10.4. The molecule has 2 aromatic rings. The molecule has 0 bridgehead atoms. The highest BCUT2D eigenvalue weighted by Crippen LogP contribution is 2.13. The average molecular weight is 284 g/mol. The highest BCUT2D eigenvalue weighted by atomic mass is 79.9. The molecule has 2 rings (SSSR count). The summed E-state index contributed by atoms with van der Waals surface area (Å²) in [4.78, 5) is 0. The van der Waals surface area contributed by atoms with Crippen molar-refractivity contribution in [1.29, 1.82) is 0 Å². The second-order valence-electron chi connectivity index (χ2n) is 3.51. The van der Waals surface area contributed by atoms with Crippen LogP contribution in [0.1, 0.15) is 12.2 Å². The molecule has 2 aromatic heterocycles. The van der Waals surface area contributed by atoms with E-state index in [0.717, 1.165) is 36.5 Å². The molecule has 0 aromatic carbocycles. The summed E-state index contributed by atoms with van der Waals surface area (Å²) in [6, 6.07) is 5.80. The van der Waals surface area contributed by atoms with E-state index in [1.54, 1.807) is 6.20 Å². The van der Waals surface area contributed by atoms with Gasteiger partial charge in [0.15, 0.2) is 4.67 Å². The molecule has 0 fully saturated rings. The molecule has 16 heavy (non-hydrogen) atoms. The van der Waals surface area contributed by atoms with Crippen molar-refractivity contribution in [3.05, 3.63) is 41.0 Å². The topological polar surface area (TPSA) is 43.0 Å². The SMILES string of the molecule is Brc1ccc(CNCCCn2cccn2)o1. The third-order valence-corrected chi connectivity index (χ3v) is 2.65. The van der Waals surface area contributed by atoms with Crippen molar-refractivity contribution in [2.24, 2.45) is 0 Å². The van der Waals surface area contributed by atoms with Crippen molar-refractivity contribution >= 4 is 15.9 Å². The van der Waals surface area contributed by atoms with Crippen LogP contribution in [-0.2, 0) is 13.1 Å². The summed E-state index contributed by atoms with van der Waals surface area (Å²) in [5.41, 5.74) is 0. The van der Waals surface area contributed by atoms with Gasteiger partial charge in [-0.2, -0.15) is 5.10 Å². The van der Waals surface area contributed by atoms with Crippen LogP contribution in [0.4, 0.5) is 0 Å². The summed E-state index contributed by atoms with van der Waals surface area (Å²) in [5, 5.41) is 7.46. The van der Waals surface area contributed by atoms with Crippen molar-refractivity contribution < 1.29 is 4.42 Å². The number of aryl methyl sites for hydroxylation is 1. The van der Waals surface area contributed by atoms with Crippen molar-refractivity contribution in [3.8, 4) is 0 Å². The molecule has 0 saturated carbocycles. The Hall–Kier alpha value is -1.07. The quantitative estimate of drug-likeness (QED) is 0.828. The first-order valence-corrected chi connectivity index (χ1v) is 6.06. The third kappa shape index (κ3) is 3.50. The molecule has 0 unspecified atom stereocenters. The zero-order valence-electron chi connectivity index (χ0n) is 8.90. The molecule has 0 saturated heterocycles. The summed E-state index contributed by atoms with van der Waals surface area (Å²) in [6.45, 7) is 2.67. The van der Waals surface area contributed by atoms with E-state index < -0.39 is 0 Å². The standard InChI is InChI=1S/C11H14BrN3O/c12-11-4-3-10(16-11)9-13-5-1-7-15-8-2-6-14-15/h2-4,6,8,13H,1,5,7,9H2. The van der Waals surface area contributed by atoms with Gasteiger partial charge in [0.1, 0.15) is 5.76 Å². The maximum Gasteiger partial charge on any atom is 0.169 e. The number of nitrogens with one attached hydrogen (secondary N) is 1. The summed E-state index contributed by atoms with van der Waals surface area (Å²) in [6.07, 6.45) is 4.83. The van der Waals surface area contributed by atoms with Gasteiger partial charge in [-0.1, -0.05) is 0 Å². The first kappa shape index (κ1) is 11.4. The lowest BCUT2D eigenvalue weighted by Gasteiger charge is -2.03. The number of furan rings is 1. The van der Waals surface area contributed by atoms with Crippen LogP contribution in [-0.4, -0.2) is 16.3 Å². The molecule has 0 aliphatic rings. The molecule has 86 valence electrons. The fourth-order valence-electron chi connectivity index (χ4n) is 1.46. The number of hydrogen-bond donors (Lipinski definition) is 1. The molecule has 4 nitrogen and oxygen atoms in total. The Balaban J connectivity index is 1.59. The maximum atomic E-state index is 5.37. The monoisotopic (exact) mass is 283 g/mol. The van der Waals surface area contributed by atoms with Gasteiger partial charge in [-0.25, -0.2) is 0 Å². The Bertz CT molecular complexity index is 411. The van der Waals surface area contributed by atoms with E-state index in [2.05, 4.69) is 26.3 Å². The minimum Gasteiger partial charge on any atom is -0.453 e. The molecule has 1 N–H and O–H groups in total. The Kier molecular flexibility index (Phi) is 4.18. The van der Waals surface area contributed by atoms with E-state index in [0.29, 0.717) is 0 Å². The largest absolute Gasteiger partial charge is 0.453 e. The predicted molar refractivity (Wildman–Crippen MR) is 65.0 cm³/mol. The van der Waals surface area contributed by atoms with E-state index in [-0.39, 0.29) is 0 Å². The van der Waals surface area contributed by atoms with Crippen LogP contribution in [0.5, 0.6) is 0 Å². The van der Waals surface area contributed by atoms with E-state index in [1.165, 1.54) is 0 Å². The molecule has 0 amide bonds. The lowest BCUT2D eigenvalue weighted by Crippen LogP contribution is -2.16. The zero-order valence-corrected chi connectivity index (χ0v) is 10.5. The fourth-order valence-corrected chi connectivity index (χ4v) is 1.80. The molecule has 0 radical (unpaired) electrons. The second kappa shape index (κ2) is 5.86. The zero-order chi connectivity index (χ0) is 11.2. The van der Waals surface area contributed by atoms with E-state index >= 15 is 0 Å². The van der Waals surface area contributed by atoms with Gasteiger partial charge in [-0.05, 0) is 47.1 Å². The van der Waals surface area contributed by atoms with Crippen LogP contribution in [0.3, 0.4) is 0 Å². The molecule has 2 heterocycles. The number of nitrogens with zero attached hydrogens (tertiary/aromatic N) is 2. The smallest absolute Gasteiger partial charge is 0.169 e. The minimum atomic E-state index is 0.769. The minimum absolute atomic E-state index is 0.769. The highest BCUT2D eigenvalue weighted by molar-refractivity contribution is 9.10. The second-order valence-corrected chi connectivity index (χ2v) is 4.29. The Morgan fingerprint density at radius 1 is 1.44 bits per heavy atom. The summed E-state index contributed by atoms with van der Waals surface area (Å²) in [7, 11) is 0. The average Bonchev–Trinajstić information content (AvgIpc) is 2.89. The third-order valence-electron chi connectivity index (χ3n) is 2.23. The normalized spacial score (nSPS) is 10.8. The first-order chi connectivity index (χ1) is 7.84. The Morgan fingerprint density at radius 3 is 3.06 bits per heavy atom. The molecule has 0 spiro atoms. The van der Waals surface area contributed by atoms with Crippen LogP contribution in [0.2, 0.25) is 0 Å². The number of aromatic nitrogens is 2. The molecule has 0 aliphatic carbocycles. The van der Waals surface area contributed by atoms with E-state index in [1.807, 2.05) is 29.1 Å². The van der Waals surface area contributed by atoms with Gasteiger partial charge in [0.25, 0.3) is 0 Å². The van der Waals surface area contributed by atoms with E-state index in [9.17, 15) is 0 Å². The molecular weight excluding hydrogens is 270 g/mol. The van der Waals surface area contributed by atoms with Gasteiger partial charge in [0.2, 0.25) is 0 Å². The van der Waals surface area contributed by atoms with Crippen molar-refractivity contribution in [2.45, 2.75) is 19.5 Å². The predicted octanol–water partition coefficient (Wildman–Crippen LogP) is 2.42. The van der Waals surface area contributed by atoms with Crippen molar-refractivity contribution in [2.75, 3.05) is 6.54 Å².